The molecule has 168 valence electrons. The Kier molecular flexibility index (Phi) is 7.22. The molecule has 0 unspecified atom stereocenters. The Labute approximate surface area is 197 Å². The lowest BCUT2D eigenvalue weighted by atomic mass is 10.1. The molecule has 4 rings (SSSR count). The molecule has 0 aliphatic carbocycles. The van der Waals surface area contributed by atoms with E-state index < -0.39 is 0 Å². The molecule has 1 aliphatic heterocycles. The second-order valence-corrected chi connectivity index (χ2v) is 7.98. The summed E-state index contributed by atoms with van der Waals surface area (Å²) in [6, 6.07) is 17.9. The van der Waals surface area contributed by atoms with Gasteiger partial charge in [-0.3, -0.25) is 15.2 Å². The van der Waals surface area contributed by atoms with E-state index in [2.05, 4.69) is 26.3 Å². The summed E-state index contributed by atoms with van der Waals surface area (Å²) in [6.45, 7) is 1.48. The maximum absolute atomic E-state index is 12.7. The van der Waals surface area contributed by atoms with Crippen LogP contribution in [-0.2, 0) is 0 Å². The highest BCUT2D eigenvalue weighted by atomic mass is 35.5. The van der Waals surface area contributed by atoms with E-state index in [1.54, 1.807) is 42.6 Å². The van der Waals surface area contributed by atoms with Gasteiger partial charge in [0.05, 0.1) is 17.4 Å². The average molecular weight is 461 g/mol. The normalized spacial score (nSPS) is 12.3. The second kappa shape index (κ2) is 10.7. The van der Waals surface area contributed by atoms with E-state index in [0.29, 0.717) is 28.7 Å². The Morgan fingerprint density at radius 2 is 1.91 bits per heavy atom. The van der Waals surface area contributed by atoms with Crippen LogP contribution in [-0.4, -0.2) is 29.9 Å². The van der Waals surface area contributed by atoms with Crippen LogP contribution in [0.25, 0.3) is 11.3 Å². The number of nitrogens with one attached hydrogen (secondary N) is 5. The number of amides is 1. The van der Waals surface area contributed by atoms with Crippen LogP contribution < -0.4 is 21.3 Å². The number of aromatic nitrogens is 1. The third-order valence-electron chi connectivity index (χ3n) is 5.22. The van der Waals surface area contributed by atoms with E-state index in [1.165, 1.54) is 5.70 Å². The highest BCUT2D eigenvalue weighted by Crippen LogP contribution is 2.29. The molecule has 5 N–H and O–H groups in total. The van der Waals surface area contributed by atoms with Crippen LogP contribution >= 0.6 is 11.6 Å². The van der Waals surface area contributed by atoms with Crippen molar-refractivity contribution in [1.82, 2.24) is 20.9 Å². The van der Waals surface area contributed by atoms with Gasteiger partial charge >= 0.3 is 0 Å². The number of halogens is 1. The van der Waals surface area contributed by atoms with Crippen LogP contribution in [0.3, 0.4) is 0 Å². The number of hydrogen-bond acceptors (Lipinski definition) is 5. The molecule has 0 radical (unpaired) electrons. The standard InChI is InChI=1S/C25H25ClN6O/c26-22-11-10-19(14-21(22)23-5-1-2-12-29-23)32-25(33)18-8-6-17(7-9-18)24(27)30-13-3-4-20-15-28-16-31-20/h1-2,5-12,14-15,28,31H,3-4,13,16H2,(H2,27,30)(H,32,33). The molecule has 0 atom stereocenters. The van der Waals surface area contributed by atoms with Gasteiger partial charge in [0, 0.05) is 47.0 Å². The lowest BCUT2D eigenvalue weighted by Gasteiger charge is -2.11. The third-order valence-corrected chi connectivity index (χ3v) is 5.55. The predicted molar refractivity (Wildman–Crippen MR) is 132 cm³/mol. The number of allylic oxidation sites excluding steroid dienone is 1. The number of benzene rings is 2. The van der Waals surface area contributed by atoms with Crippen molar-refractivity contribution in [3.8, 4) is 11.3 Å². The smallest absolute Gasteiger partial charge is 0.255 e. The van der Waals surface area contributed by atoms with Crippen LogP contribution in [0.15, 0.2) is 78.8 Å². The molecule has 1 aliphatic rings. The van der Waals surface area contributed by atoms with Crippen molar-refractivity contribution >= 4 is 29.0 Å². The fourth-order valence-electron chi connectivity index (χ4n) is 3.46. The Bertz CT molecular complexity index is 1160. The zero-order chi connectivity index (χ0) is 23.0. The Morgan fingerprint density at radius 3 is 2.64 bits per heavy atom. The Morgan fingerprint density at radius 1 is 1.09 bits per heavy atom. The monoisotopic (exact) mass is 460 g/mol. The molecule has 0 saturated carbocycles. The van der Waals surface area contributed by atoms with Gasteiger partial charge in [0.2, 0.25) is 0 Å². The number of anilines is 1. The Balaban J connectivity index is 1.33. The highest BCUT2D eigenvalue weighted by Gasteiger charge is 2.11. The summed E-state index contributed by atoms with van der Waals surface area (Å²) >= 11 is 6.32. The molecule has 8 heteroatoms. The van der Waals surface area contributed by atoms with Crippen molar-refractivity contribution in [1.29, 1.82) is 5.41 Å². The van der Waals surface area contributed by atoms with Gasteiger partial charge in [-0.1, -0.05) is 29.8 Å². The van der Waals surface area contributed by atoms with Crippen molar-refractivity contribution in [2.45, 2.75) is 12.8 Å². The van der Waals surface area contributed by atoms with Crippen LogP contribution in [0.1, 0.15) is 28.8 Å². The molecule has 2 heterocycles. The first kappa shape index (κ1) is 22.4. The average Bonchev–Trinajstić information content (AvgIpc) is 3.37. The summed E-state index contributed by atoms with van der Waals surface area (Å²) in [7, 11) is 0. The maximum Gasteiger partial charge on any atom is 0.255 e. The van der Waals surface area contributed by atoms with Crippen molar-refractivity contribution in [2.24, 2.45) is 0 Å². The predicted octanol–water partition coefficient (Wildman–Crippen LogP) is 4.34. The van der Waals surface area contributed by atoms with Gasteiger partial charge in [0.1, 0.15) is 5.84 Å². The van der Waals surface area contributed by atoms with Crippen molar-refractivity contribution < 1.29 is 4.79 Å². The minimum Gasteiger partial charge on any atom is -0.372 e. The van der Waals surface area contributed by atoms with Crippen LogP contribution in [0.2, 0.25) is 5.02 Å². The minimum atomic E-state index is -0.235. The highest BCUT2D eigenvalue weighted by molar-refractivity contribution is 6.33. The van der Waals surface area contributed by atoms with Crippen LogP contribution in [0, 0.1) is 5.41 Å². The quantitative estimate of drug-likeness (QED) is 0.195. The summed E-state index contributed by atoms with van der Waals surface area (Å²) in [6.07, 6.45) is 5.54. The molecule has 2 aromatic carbocycles. The molecular formula is C25H25ClN6O. The van der Waals surface area contributed by atoms with Gasteiger partial charge in [-0.05, 0) is 55.3 Å². The van der Waals surface area contributed by atoms with E-state index >= 15 is 0 Å². The number of pyridine rings is 1. The number of hydrogen-bond donors (Lipinski definition) is 5. The lowest BCUT2D eigenvalue weighted by molar-refractivity contribution is 0.102. The van der Waals surface area contributed by atoms with E-state index in [4.69, 9.17) is 17.0 Å². The molecule has 7 nitrogen and oxygen atoms in total. The van der Waals surface area contributed by atoms with Crippen LogP contribution in [0.4, 0.5) is 5.69 Å². The summed E-state index contributed by atoms with van der Waals surface area (Å²) in [5, 5.41) is 21.2. The van der Waals surface area contributed by atoms with Crippen LogP contribution in [0.5, 0.6) is 0 Å². The van der Waals surface area contributed by atoms with Gasteiger partial charge in [0.15, 0.2) is 0 Å². The number of carbonyl (C=O) groups excluding carboxylic acids is 1. The summed E-state index contributed by atoms with van der Waals surface area (Å²) in [5.41, 5.74) is 4.54. The largest absolute Gasteiger partial charge is 0.372 e. The molecule has 1 amide bonds. The number of carbonyl (C=O) groups is 1. The molecule has 3 aromatic rings. The van der Waals surface area contributed by atoms with Crippen molar-refractivity contribution in [3.05, 3.63) is 94.9 Å². The van der Waals surface area contributed by atoms with E-state index in [1.807, 2.05) is 30.5 Å². The number of nitrogens with zero attached hydrogens (tertiary/aromatic N) is 1. The number of amidine groups is 1. The molecule has 0 spiro atoms. The second-order valence-electron chi connectivity index (χ2n) is 7.57. The van der Waals surface area contributed by atoms with Gasteiger partial charge in [-0.15, -0.1) is 0 Å². The fraction of sp³-hybridized carbons (Fsp3) is 0.160. The zero-order valence-electron chi connectivity index (χ0n) is 18.0. The van der Waals surface area contributed by atoms with Crippen molar-refractivity contribution in [3.63, 3.8) is 0 Å². The summed E-state index contributed by atoms with van der Waals surface area (Å²) < 4.78 is 0. The first-order chi connectivity index (χ1) is 16.1. The summed E-state index contributed by atoms with van der Waals surface area (Å²) in [5.74, 6) is 0.104. The molecule has 0 fully saturated rings. The number of rotatable bonds is 8. The SMILES string of the molecule is N=C(NCCCC1=CNCN1)c1ccc(C(=O)Nc2ccc(Cl)c(-c3ccccn3)c2)cc1. The molecule has 33 heavy (non-hydrogen) atoms. The van der Waals surface area contributed by atoms with E-state index in [-0.39, 0.29) is 5.91 Å². The zero-order valence-corrected chi connectivity index (χ0v) is 18.7. The topological polar surface area (TPSA) is 102 Å². The molecule has 0 saturated heterocycles. The summed E-state index contributed by atoms with van der Waals surface area (Å²) in [4.78, 5) is 17.0. The Hall–Kier alpha value is -3.84. The van der Waals surface area contributed by atoms with Gasteiger partial charge in [-0.2, -0.15) is 0 Å². The molecular weight excluding hydrogens is 436 g/mol. The first-order valence-corrected chi connectivity index (χ1v) is 11.1. The van der Waals surface area contributed by atoms with Gasteiger partial charge in [-0.25, -0.2) is 0 Å². The molecule has 1 aromatic heterocycles. The van der Waals surface area contributed by atoms with E-state index in [0.717, 1.165) is 36.3 Å². The molecule has 0 bridgehead atoms. The van der Waals surface area contributed by atoms with E-state index in [9.17, 15) is 4.79 Å². The first-order valence-electron chi connectivity index (χ1n) is 10.7. The fourth-order valence-corrected chi connectivity index (χ4v) is 3.67. The third kappa shape index (κ3) is 5.90. The maximum atomic E-state index is 12.7. The van der Waals surface area contributed by atoms with Crippen molar-refractivity contribution in [2.75, 3.05) is 18.5 Å². The lowest BCUT2D eigenvalue weighted by Crippen LogP contribution is -2.25. The van der Waals surface area contributed by atoms with Gasteiger partial charge < -0.3 is 21.3 Å². The van der Waals surface area contributed by atoms with Gasteiger partial charge in [0.25, 0.3) is 5.91 Å². The minimum absolute atomic E-state index is 0.235.